The van der Waals surface area contributed by atoms with Gasteiger partial charge in [-0.15, -0.1) is 0 Å². The highest BCUT2D eigenvalue weighted by Gasteiger charge is 2.25. The lowest BCUT2D eigenvalue weighted by Gasteiger charge is -2.03. The molecule has 9 heteroatoms. The zero-order valence-electron chi connectivity index (χ0n) is 10.9. The van der Waals surface area contributed by atoms with E-state index in [4.69, 9.17) is 0 Å². The van der Waals surface area contributed by atoms with Gasteiger partial charge in [0.25, 0.3) is 5.69 Å². The van der Waals surface area contributed by atoms with Gasteiger partial charge in [0.05, 0.1) is 11.5 Å². The molecular formula is C12H11N3O6. The second-order valence-corrected chi connectivity index (χ2v) is 3.94. The summed E-state index contributed by atoms with van der Waals surface area (Å²) in [6, 6.07) is 5.10. The Morgan fingerprint density at radius 1 is 1.43 bits per heavy atom. The van der Waals surface area contributed by atoms with E-state index < -0.39 is 22.5 Å². The normalized spacial score (nSPS) is 10.3. The van der Waals surface area contributed by atoms with Crippen molar-refractivity contribution in [1.29, 1.82) is 0 Å². The Labute approximate surface area is 118 Å². The largest absolute Gasteiger partial charge is 0.491 e. The third-order valence-corrected chi connectivity index (χ3v) is 2.64. The van der Waals surface area contributed by atoms with Crippen molar-refractivity contribution in [3.63, 3.8) is 0 Å². The molecule has 2 aromatic rings. The number of esters is 1. The van der Waals surface area contributed by atoms with Crippen molar-refractivity contribution >= 4 is 11.7 Å². The van der Waals surface area contributed by atoms with Crippen LogP contribution >= 0.6 is 0 Å². The maximum atomic E-state index is 11.6. The number of rotatable bonds is 4. The molecular weight excluding hydrogens is 282 g/mol. The van der Waals surface area contributed by atoms with E-state index in [0.717, 1.165) is 0 Å². The molecule has 0 radical (unpaired) electrons. The van der Waals surface area contributed by atoms with Crippen LogP contribution in [0.1, 0.15) is 17.4 Å². The molecule has 0 aliphatic carbocycles. The number of carbonyl (C=O) groups excluding carboxylic acids is 1. The smallest absolute Gasteiger partial charge is 0.364 e. The lowest BCUT2D eigenvalue weighted by atomic mass is 10.2. The molecule has 110 valence electrons. The van der Waals surface area contributed by atoms with E-state index in [1.807, 2.05) is 0 Å². The van der Waals surface area contributed by atoms with Gasteiger partial charge in [-0.25, -0.2) is 4.79 Å². The van der Waals surface area contributed by atoms with Gasteiger partial charge in [-0.3, -0.25) is 10.1 Å². The summed E-state index contributed by atoms with van der Waals surface area (Å²) >= 11 is 0. The van der Waals surface area contributed by atoms with Crippen LogP contribution in [0.25, 0.3) is 11.4 Å². The molecule has 21 heavy (non-hydrogen) atoms. The molecule has 0 atom stereocenters. The first-order chi connectivity index (χ1) is 9.95. The molecule has 0 amide bonds. The van der Waals surface area contributed by atoms with Crippen LogP contribution in [-0.4, -0.2) is 37.5 Å². The van der Waals surface area contributed by atoms with Gasteiger partial charge in [0.2, 0.25) is 11.6 Å². The standard InChI is InChI=1S/C12H11N3O6/c1-2-21-12(17)9-11(16)13-10(14(9)18)7-3-5-8(6-4-7)15(19)20/h3-6,16,18H,2H2,1H3. The van der Waals surface area contributed by atoms with E-state index in [-0.39, 0.29) is 23.7 Å². The first-order valence-corrected chi connectivity index (χ1v) is 5.88. The highest BCUT2D eigenvalue weighted by molar-refractivity contribution is 5.91. The van der Waals surface area contributed by atoms with E-state index >= 15 is 0 Å². The van der Waals surface area contributed by atoms with Gasteiger partial charge in [0.15, 0.2) is 5.82 Å². The number of nitro benzene ring substituents is 1. The van der Waals surface area contributed by atoms with Gasteiger partial charge in [0.1, 0.15) is 0 Å². The third-order valence-electron chi connectivity index (χ3n) is 2.64. The summed E-state index contributed by atoms with van der Waals surface area (Å²) in [5.41, 5.74) is -0.358. The van der Waals surface area contributed by atoms with Crippen molar-refractivity contribution in [3.8, 4) is 17.3 Å². The maximum absolute atomic E-state index is 11.6. The lowest BCUT2D eigenvalue weighted by molar-refractivity contribution is -0.384. The highest BCUT2D eigenvalue weighted by atomic mass is 16.6. The molecule has 1 heterocycles. The number of aromatic hydroxyl groups is 1. The third kappa shape index (κ3) is 2.61. The van der Waals surface area contributed by atoms with Crippen molar-refractivity contribution in [2.24, 2.45) is 0 Å². The minimum absolute atomic E-state index is 0.0658. The molecule has 0 spiro atoms. The van der Waals surface area contributed by atoms with Crippen LogP contribution in [0.3, 0.4) is 0 Å². The molecule has 1 aromatic heterocycles. The van der Waals surface area contributed by atoms with Crippen LogP contribution in [-0.2, 0) is 4.74 Å². The fourth-order valence-electron chi connectivity index (χ4n) is 1.70. The number of hydrogen-bond donors (Lipinski definition) is 2. The molecule has 0 aliphatic rings. The fraction of sp³-hybridized carbons (Fsp3) is 0.167. The SMILES string of the molecule is CCOC(=O)c1c(O)nc(-c2ccc([N+](=O)[O-])cc2)n1O. The number of carbonyl (C=O) groups is 1. The van der Waals surface area contributed by atoms with Gasteiger partial charge in [-0.1, -0.05) is 0 Å². The lowest BCUT2D eigenvalue weighted by Crippen LogP contribution is -2.11. The fourth-order valence-corrected chi connectivity index (χ4v) is 1.70. The van der Waals surface area contributed by atoms with E-state index in [2.05, 4.69) is 9.72 Å². The van der Waals surface area contributed by atoms with Crippen LogP contribution in [0.2, 0.25) is 0 Å². The molecule has 0 unspecified atom stereocenters. The number of ether oxygens (including phenoxy) is 1. The van der Waals surface area contributed by atoms with Crippen molar-refractivity contribution in [2.45, 2.75) is 6.92 Å². The Hall–Kier alpha value is -3.10. The Morgan fingerprint density at radius 2 is 2.05 bits per heavy atom. The molecule has 0 fully saturated rings. The summed E-state index contributed by atoms with van der Waals surface area (Å²) in [4.78, 5) is 25.2. The number of benzene rings is 1. The Bertz CT molecular complexity index is 692. The molecule has 1 aromatic carbocycles. The number of nitrogens with zero attached hydrogens (tertiary/aromatic N) is 3. The Kier molecular flexibility index (Phi) is 3.74. The topological polar surface area (TPSA) is 128 Å². The first kappa shape index (κ1) is 14.3. The molecule has 2 N–H and O–H groups in total. The average molecular weight is 293 g/mol. The predicted molar refractivity (Wildman–Crippen MR) is 69.1 cm³/mol. The summed E-state index contributed by atoms with van der Waals surface area (Å²) in [6.07, 6.45) is 0. The van der Waals surface area contributed by atoms with Crippen molar-refractivity contribution in [2.75, 3.05) is 6.61 Å². The number of non-ortho nitro benzene ring substituents is 1. The van der Waals surface area contributed by atoms with E-state index in [1.54, 1.807) is 6.92 Å². The molecule has 0 saturated heterocycles. The van der Waals surface area contributed by atoms with E-state index in [1.165, 1.54) is 24.3 Å². The summed E-state index contributed by atoms with van der Waals surface area (Å²) < 4.78 is 5.06. The van der Waals surface area contributed by atoms with Gasteiger partial charge >= 0.3 is 5.97 Å². The molecule has 9 nitrogen and oxygen atoms in total. The minimum Gasteiger partial charge on any atom is -0.491 e. The molecule has 0 saturated carbocycles. The molecule has 2 rings (SSSR count). The summed E-state index contributed by atoms with van der Waals surface area (Å²) in [5, 5.41) is 30.1. The second-order valence-electron chi connectivity index (χ2n) is 3.94. The number of hydrogen-bond acceptors (Lipinski definition) is 7. The summed E-state index contributed by atoms with van der Waals surface area (Å²) in [7, 11) is 0. The van der Waals surface area contributed by atoms with Crippen LogP contribution in [0, 0.1) is 10.1 Å². The van der Waals surface area contributed by atoms with Crippen LogP contribution in [0.4, 0.5) is 5.69 Å². The van der Waals surface area contributed by atoms with E-state index in [9.17, 15) is 25.2 Å². The maximum Gasteiger partial charge on any atom is 0.364 e. The number of aromatic nitrogens is 2. The highest BCUT2D eigenvalue weighted by Crippen LogP contribution is 2.27. The van der Waals surface area contributed by atoms with Crippen LogP contribution in [0.15, 0.2) is 24.3 Å². The summed E-state index contributed by atoms with van der Waals surface area (Å²) in [6.45, 7) is 1.64. The quantitative estimate of drug-likeness (QED) is 0.379. The van der Waals surface area contributed by atoms with Gasteiger partial charge < -0.3 is 15.1 Å². The second kappa shape index (κ2) is 5.49. The van der Waals surface area contributed by atoms with E-state index in [0.29, 0.717) is 4.73 Å². The van der Waals surface area contributed by atoms with Crippen LogP contribution < -0.4 is 0 Å². The van der Waals surface area contributed by atoms with Gasteiger partial charge in [0, 0.05) is 17.7 Å². The number of nitro groups is 1. The zero-order chi connectivity index (χ0) is 15.6. The summed E-state index contributed by atoms with van der Waals surface area (Å²) in [5.74, 6) is -1.76. The monoisotopic (exact) mass is 293 g/mol. The number of imidazole rings is 1. The first-order valence-electron chi connectivity index (χ1n) is 5.88. The predicted octanol–water partition coefficient (Wildman–Crippen LogP) is 1.58. The van der Waals surface area contributed by atoms with Crippen molar-refractivity contribution in [1.82, 2.24) is 9.71 Å². The van der Waals surface area contributed by atoms with Crippen molar-refractivity contribution < 1.29 is 24.8 Å². The van der Waals surface area contributed by atoms with Gasteiger partial charge in [-0.2, -0.15) is 9.71 Å². The van der Waals surface area contributed by atoms with Crippen molar-refractivity contribution in [3.05, 3.63) is 40.1 Å². The van der Waals surface area contributed by atoms with Crippen LogP contribution in [0.5, 0.6) is 5.88 Å². The Morgan fingerprint density at radius 3 is 2.57 bits per heavy atom. The molecule has 0 aliphatic heterocycles. The Balaban J connectivity index is 2.43. The average Bonchev–Trinajstić information content (AvgIpc) is 2.74. The minimum atomic E-state index is -0.932. The zero-order valence-corrected chi connectivity index (χ0v) is 10.9. The van der Waals surface area contributed by atoms with Gasteiger partial charge in [-0.05, 0) is 19.1 Å². The molecule has 0 bridgehead atoms.